The number of carbonyl (C=O) groups excluding carboxylic acids is 1. The predicted octanol–water partition coefficient (Wildman–Crippen LogP) is 1.02. The van der Waals surface area contributed by atoms with Gasteiger partial charge >= 0.3 is 0 Å². The fraction of sp³-hybridized carbons (Fsp3) is 0.462. The fourth-order valence-corrected chi connectivity index (χ4v) is 1.79. The summed E-state index contributed by atoms with van der Waals surface area (Å²) in [5, 5.41) is 0. The van der Waals surface area contributed by atoms with Crippen molar-refractivity contribution in [2.45, 2.75) is 18.9 Å². The van der Waals surface area contributed by atoms with E-state index in [1.54, 1.807) is 0 Å². The maximum Gasteiger partial charge on any atom is 0.236 e. The number of ether oxygens (including phenoxy) is 1. The highest BCUT2D eigenvalue weighted by atomic mass is 16.5. The van der Waals surface area contributed by atoms with Crippen LogP contribution >= 0.6 is 0 Å². The van der Waals surface area contributed by atoms with Crippen molar-refractivity contribution in [1.82, 2.24) is 4.90 Å². The molecule has 4 nitrogen and oxygen atoms in total. The molecule has 0 atom stereocenters. The molecule has 1 saturated carbocycles. The first-order valence-electron chi connectivity index (χ1n) is 5.98. The minimum Gasteiger partial charge on any atom is -0.492 e. The summed E-state index contributed by atoms with van der Waals surface area (Å²) in [5.41, 5.74) is 5.39. The molecule has 0 unspecified atom stereocenters. The van der Waals surface area contributed by atoms with Gasteiger partial charge in [0.2, 0.25) is 5.91 Å². The maximum atomic E-state index is 11.6. The van der Waals surface area contributed by atoms with Gasteiger partial charge in [-0.2, -0.15) is 0 Å². The van der Waals surface area contributed by atoms with Crippen LogP contribution in [0.4, 0.5) is 0 Å². The first kappa shape index (κ1) is 11.9. The monoisotopic (exact) mass is 234 g/mol. The standard InChI is InChI=1S/C13H18N2O2/c14-10-13(16)15(11-6-7-11)8-9-17-12-4-2-1-3-5-12/h1-5,11H,6-10,14H2. The topological polar surface area (TPSA) is 55.6 Å². The lowest BCUT2D eigenvalue weighted by Gasteiger charge is -2.21. The van der Waals surface area contributed by atoms with Gasteiger partial charge in [-0.25, -0.2) is 0 Å². The van der Waals surface area contributed by atoms with Gasteiger partial charge in [0.05, 0.1) is 13.1 Å². The molecule has 2 N–H and O–H groups in total. The Bertz CT molecular complexity index is 363. The summed E-state index contributed by atoms with van der Waals surface area (Å²) in [7, 11) is 0. The van der Waals surface area contributed by atoms with E-state index >= 15 is 0 Å². The second-order valence-electron chi connectivity index (χ2n) is 4.18. The fourth-order valence-electron chi connectivity index (χ4n) is 1.79. The molecule has 92 valence electrons. The number of amides is 1. The first-order chi connectivity index (χ1) is 8.31. The quantitative estimate of drug-likeness (QED) is 0.799. The van der Waals surface area contributed by atoms with Crippen molar-refractivity contribution >= 4 is 5.91 Å². The van der Waals surface area contributed by atoms with E-state index in [2.05, 4.69) is 0 Å². The van der Waals surface area contributed by atoms with Crippen LogP contribution < -0.4 is 10.5 Å². The summed E-state index contributed by atoms with van der Waals surface area (Å²) in [5.74, 6) is 0.854. The van der Waals surface area contributed by atoms with E-state index in [1.807, 2.05) is 35.2 Å². The molecule has 1 aromatic rings. The van der Waals surface area contributed by atoms with Crippen LogP contribution in [0.3, 0.4) is 0 Å². The summed E-state index contributed by atoms with van der Waals surface area (Å²) >= 11 is 0. The van der Waals surface area contributed by atoms with Crippen LogP contribution in [0, 0.1) is 0 Å². The zero-order chi connectivity index (χ0) is 12.1. The highest BCUT2D eigenvalue weighted by molar-refractivity contribution is 5.78. The van der Waals surface area contributed by atoms with Crippen molar-refractivity contribution in [3.8, 4) is 5.75 Å². The number of rotatable bonds is 6. The van der Waals surface area contributed by atoms with Crippen LogP contribution in [-0.2, 0) is 4.79 Å². The van der Waals surface area contributed by atoms with Crippen molar-refractivity contribution in [2.24, 2.45) is 5.73 Å². The van der Waals surface area contributed by atoms with Crippen LogP contribution in [0.5, 0.6) is 5.75 Å². The van der Waals surface area contributed by atoms with Crippen LogP contribution in [0.2, 0.25) is 0 Å². The van der Waals surface area contributed by atoms with E-state index in [-0.39, 0.29) is 12.5 Å². The first-order valence-corrected chi connectivity index (χ1v) is 5.98. The molecule has 0 saturated heterocycles. The summed E-state index contributed by atoms with van der Waals surface area (Å²) in [6, 6.07) is 10.0. The van der Waals surface area contributed by atoms with Gasteiger partial charge in [-0.1, -0.05) is 18.2 Å². The van der Waals surface area contributed by atoms with Gasteiger partial charge in [-0.15, -0.1) is 0 Å². The van der Waals surface area contributed by atoms with Gasteiger partial charge in [0.25, 0.3) is 0 Å². The molecule has 1 amide bonds. The van der Waals surface area contributed by atoms with Gasteiger partial charge in [-0.05, 0) is 25.0 Å². The molecule has 17 heavy (non-hydrogen) atoms. The smallest absolute Gasteiger partial charge is 0.236 e. The van der Waals surface area contributed by atoms with Crippen molar-refractivity contribution in [3.63, 3.8) is 0 Å². The lowest BCUT2D eigenvalue weighted by Crippen LogP contribution is -2.40. The second-order valence-corrected chi connectivity index (χ2v) is 4.18. The van der Waals surface area contributed by atoms with Gasteiger partial charge < -0.3 is 15.4 Å². The lowest BCUT2D eigenvalue weighted by molar-refractivity contribution is -0.130. The molecule has 1 aliphatic rings. The molecule has 0 spiro atoms. The number of hydrogen-bond donors (Lipinski definition) is 1. The highest BCUT2D eigenvalue weighted by Gasteiger charge is 2.31. The third kappa shape index (κ3) is 3.46. The predicted molar refractivity (Wildman–Crippen MR) is 65.7 cm³/mol. The number of para-hydroxylation sites is 1. The lowest BCUT2D eigenvalue weighted by atomic mass is 10.3. The van der Waals surface area contributed by atoms with Gasteiger partial charge in [0.15, 0.2) is 0 Å². The minimum absolute atomic E-state index is 0.0177. The van der Waals surface area contributed by atoms with Crippen LogP contribution in [0.1, 0.15) is 12.8 Å². The SMILES string of the molecule is NCC(=O)N(CCOc1ccccc1)C1CC1. The Morgan fingerprint density at radius 2 is 2.06 bits per heavy atom. The molecular weight excluding hydrogens is 216 g/mol. The van der Waals surface area contributed by atoms with E-state index in [9.17, 15) is 4.79 Å². The normalized spacial score (nSPS) is 14.4. The molecule has 0 aromatic heterocycles. The van der Waals surface area contributed by atoms with Gasteiger partial charge in [-0.3, -0.25) is 4.79 Å². The average Bonchev–Trinajstić information content (AvgIpc) is 3.19. The summed E-state index contributed by atoms with van der Waals surface area (Å²) in [4.78, 5) is 13.4. The Kier molecular flexibility index (Phi) is 3.98. The molecule has 4 heteroatoms. The second kappa shape index (κ2) is 5.68. The van der Waals surface area contributed by atoms with Crippen molar-refractivity contribution in [2.75, 3.05) is 19.7 Å². The number of nitrogens with two attached hydrogens (primary N) is 1. The Balaban J connectivity index is 1.78. The largest absolute Gasteiger partial charge is 0.492 e. The van der Waals surface area contributed by atoms with E-state index < -0.39 is 0 Å². The van der Waals surface area contributed by atoms with E-state index in [1.165, 1.54) is 0 Å². The average molecular weight is 234 g/mol. The van der Waals surface area contributed by atoms with E-state index in [0.717, 1.165) is 18.6 Å². The third-order valence-corrected chi connectivity index (χ3v) is 2.83. The van der Waals surface area contributed by atoms with E-state index in [4.69, 9.17) is 10.5 Å². The third-order valence-electron chi connectivity index (χ3n) is 2.83. The molecule has 0 aliphatic heterocycles. The van der Waals surface area contributed by atoms with E-state index in [0.29, 0.717) is 19.2 Å². The molecule has 1 aromatic carbocycles. The summed E-state index contributed by atoms with van der Waals surface area (Å²) in [6.45, 7) is 1.23. The van der Waals surface area contributed by atoms with Gasteiger partial charge in [0, 0.05) is 6.04 Å². The zero-order valence-corrected chi connectivity index (χ0v) is 9.84. The number of carbonyl (C=O) groups is 1. The minimum atomic E-state index is 0.0177. The highest BCUT2D eigenvalue weighted by Crippen LogP contribution is 2.26. The molecule has 1 fully saturated rings. The molecule has 0 heterocycles. The van der Waals surface area contributed by atoms with Crippen LogP contribution in [-0.4, -0.2) is 36.5 Å². The van der Waals surface area contributed by atoms with Crippen molar-refractivity contribution < 1.29 is 9.53 Å². The summed E-state index contributed by atoms with van der Waals surface area (Å²) < 4.78 is 5.57. The van der Waals surface area contributed by atoms with Gasteiger partial charge in [0.1, 0.15) is 12.4 Å². The Morgan fingerprint density at radius 3 is 2.65 bits per heavy atom. The molecule has 0 radical (unpaired) electrons. The maximum absolute atomic E-state index is 11.6. The number of hydrogen-bond acceptors (Lipinski definition) is 3. The molecular formula is C13H18N2O2. The van der Waals surface area contributed by atoms with Crippen molar-refractivity contribution in [3.05, 3.63) is 30.3 Å². The Morgan fingerprint density at radius 1 is 1.35 bits per heavy atom. The Labute approximate surface area is 101 Å². The van der Waals surface area contributed by atoms with Crippen LogP contribution in [0.15, 0.2) is 30.3 Å². The molecule has 1 aliphatic carbocycles. The van der Waals surface area contributed by atoms with Crippen LogP contribution in [0.25, 0.3) is 0 Å². The zero-order valence-electron chi connectivity index (χ0n) is 9.84. The number of benzene rings is 1. The summed E-state index contributed by atoms with van der Waals surface area (Å²) in [6.07, 6.45) is 2.19. The Hall–Kier alpha value is -1.55. The number of nitrogens with zero attached hydrogens (tertiary/aromatic N) is 1. The molecule has 0 bridgehead atoms. The molecule has 2 rings (SSSR count). The van der Waals surface area contributed by atoms with Crippen molar-refractivity contribution in [1.29, 1.82) is 0 Å².